The van der Waals surface area contributed by atoms with Gasteiger partial charge in [0.2, 0.25) is 0 Å². The van der Waals surface area contributed by atoms with E-state index < -0.39 is 0 Å². The number of benzene rings is 1. The molecule has 0 saturated carbocycles. The van der Waals surface area contributed by atoms with E-state index in [9.17, 15) is 9.18 Å². The first kappa shape index (κ1) is 23.7. The summed E-state index contributed by atoms with van der Waals surface area (Å²) in [4.78, 5) is 20.8. The molecule has 1 aromatic carbocycles. The Labute approximate surface area is 188 Å². The van der Waals surface area contributed by atoms with Crippen LogP contribution < -0.4 is 10.1 Å². The monoisotopic (exact) mass is 520 g/mol. The molecule has 2 fully saturated rings. The zero-order valence-electron chi connectivity index (χ0n) is 17.0. The standard InChI is InChI=1S/C20H29FN4O3.HI/c1-15(28-17-7-4-3-6-16(17)21)14-23-20(22-2)25-11-9-24(10-12-25)19(26)18-8-5-13-27-18;/h3-4,6-7,15,18H,5,8-14H2,1-2H3,(H,22,23);1H. The van der Waals surface area contributed by atoms with Crippen molar-refractivity contribution in [2.24, 2.45) is 4.99 Å². The van der Waals surface area contributed by atoms with Gasteiger partial charge in [0.25, 0.3) is 5.91 Å². The number of nitrogens with one attached hydrogen (secondary N) is 1. The molecule has 2 saturated heterocycles. The lowest BCUT2D eigenvalue weighted by molar-refractivity contribution is -0.142. The first-order valence-electron chi connectivity index (χ1n) is 9.85. The first-order chi connectivity index (χ1) is 13.6. The number of guanidine groups is 1. The average Bonchev–Trinajstić information content (AvgIpc) is 3.25. The summed E-state index contributed by atoms with van der Waals surface area (Å²) < 4.78 is 24.9. The molecule has 7 nitrogen and oxygen atoms in total. The van der Waals surface area contributed by atoms with Gasteiger partial charge in [0.05, 0.1) is 6.54 Å². The molecule has 2 aliphatic rings. The zero-order chi connectivity index (χ0) is 19.9. The zero-order valence-corrected chi connectivity index (χ0v) is 19.3. The fraction of sp³-hybridized carbons (Fsp3) is 0.600. The molecule has 2 heterocycles. The summed E-state index contributed by atoms with van der Waals surface area (Å²) in [6.45, 7) is 5.78. The van der Waals surface area contributed by atoms with Crippen molar-refractivity contribution in [1.82, 2.24) is 15.1 Å². The summed E-state index contributed by atoms with van der Waals surface area (Å²) in [5.74, 6) is 0.735. The molecule has 0 aromatic heterocycles. The first-order valence-corrected chi connectivity index (χ1v) is 9.85. The van der Waals surface area contributed by atoms with E-state index in [-0.39, 0.29) is 53.7 Å². The van der Waals surface area contributed by atoms with Crippen LogP contribution in [0.3, 0.4) is 0 Å². The number of amides is 1. The smallest absolute Gasteiger partial charge is 0.251 e. The highest BCUT2D eigenvalue weighted by Gasteiger charge is 2.30. The van der Waals surface area contributed by atoms with Gasteiger partial charge in [-0.1, -0.05) is 12.1 Å². The van der Waals surface area contributed by atoms with Gasteiger partial charge in [-0.3, -0.25) is 9.79 Å². The number of carbonyl (C=O) groups excluding carboxylic acids is 1. The fourth-order valence-electron chi connectivity index (χ4n) is 3.48. The Balaban J connectivity index is 0.00000300. The second kappa shape index (κ2) is 11.5. The third-order valence-corrected chi connectivity index (χ3v) is 5.02. The van der Waals surface area contributed by atoms with Gasteiger partial charge in [-0.05, 0) is 31.9 Å². The van der Waals surface area contributed by atoms with E-state index in [2.05, 4.69) is 15.2 Å². The maximum Gasteiger partial charge on any atom is 0.251 e. The number of hydrogen-bond donors (Lipinski definition) is 1. The molecule has 0 aliphatic carbocycles. The van der Waals surface area contributed by atoms with Crippen molar-refractivity contribution in [3.8, 4) is 5.75 Å². The Morgan fingerprint density at radius 3 is 2.62 bits per heavy atom. The van der Waals surface area contributed by atoms with Crippen molar-refractivity contribution in [2.75, 3.05) is 46.4 Å². The SMILES string of the molecule is CN=C(NCC(C)Oc1ccccc1F)N1CCN(C(=O)C2CCCO2)CC1.I. The number of hydrogen-bond acceptors (Lipinski definition) is 4. The number of nitrogens with zero attached hydrogens (tertiary/aromatic N) is 3. The van der Waals surface area contributed by atoms with Gasteiger partial charge in [0.15, 0.2) is 17.5 Å². The molecule has 2 aliphatic heterocycles. The molecule has 162 valence electrons. The summed E-state index contributed by atoms with van der Waals surface area (Å²) in [7, 11) is 1.73. The van der Waals surface area contributed by atoms with E-state index in [0.717, 1.165) is 18.8 Å². The molecule has 2 unspecified atom stereocenters. The van der Waals surface area contributed by atoms with Gasteiger partial charge in [0.1, 0.15) is 12.2 Å². The van der Waals surface area contributed by atoms with Gasteiger partial charge >= 0.3 is 0 Å². The lowest BCUT2D eigenvalue weighted by Gasteiger charge is -2.37. The number of rotatable bonds is 5. The summed E-state index contributed by atoms with van der Waals surface area (Å²) in [5, 5.41) is 3.28. The van der Waals surface area contributed by atoms with Crippen LogP contribution in [0.25, 0.3) is 0 Å². The lowest BCUT2D eigenvalue weighted by Crippen LogP contribution is -2.55. The van der Waals surface area contributed by atoms with Crippen LogP contribution in [0.15, 0.2) is 29.3 Å². The van der Waals surface area contributed by atoms with E-state index in [0.29, 0.717) is 39.3 Å². The molecule has 1 amide bonds. The van der Waals surface area contributed by atoms with Crippen LogP contribution in [0.1, 0.15) is 19.8 Å². The van der Waals surface area contributed by atoms with Crippen molar-refractivity contribution in [1.29, 1.82) is 0 Å². The highest BCUT2D eigenvalue weighted by molar-refractivity contribution is 14.0. The normalized spacial score (nSPS) is 20.8. The third-order valence-electron chi connectivity index (χ3n) is 5.02. The van der Waals surface area contributed by atoms with Crippen LogP contribution in [0.4, 0.5) is 4.39 Å². The predicted octanol–water partition coefficient (Wildman–Crippen LogP) is 2.11. The number of ether oxygens (including phenoxy) is 2. The number of carbonyl (C=O) groups is 1. The van der Waals surface area contributed by atoms with Crippen LogP contribution in [0.5, 0.6) is 5.75 Å². The van der Waals surface area contributed by atoms with Crippen molar-refractivity contribution in [2.45, 2.75) is 32.0 Å². The predicted molar refractivity (Wildman–Crippen MR) is 120 cm³/mol. The molecule has 9 heteroatoms. The van der Waals surface area contributed by atoms with E-state index in [1.165, 1.54) is 6.07 Å². The van der Waals surface area contributed by atoms with Gasteiger partial charge in [-0.15, -0.1) is 24.0 Å². The Morgan fingerprint density at radius 1 is 1.31 bits per heavy atom. The molecule has 2 atom stereocenters. The second-order valence-corrected chi connectivity index (χ2v) is 7.10. The van der Waals surface area contributed by atoms with Gasteiger partial charge < -0.3 is 24.6 Å². The Hall–Kier alpha value is -1.62. The third kappa shape index (κ3) is 6.43. The number of para-hydroxylation sites is 1. The van der Waals surface area contributed by atoms with Crippen molar-refractivity contribution in [3.05, 3.63) is 30.1 Å². The molecule has 0 bridgehead atoms. The van der Waals surface area contributed by atoms with Gasteiger partial charge in [0, 0.05) is 39.8 Å². The fourth-order valence-corrected chi connectivity index (χ4v) is 3.48. The summed E-state index contributed by atoms with van der Waals surface area (Å²) in [6.07, 6.45) is 1.29. The van der Waals surface area contributed by atoms with E-state index >= 15 is 0 Å². The van der Waals surface area contributed by atoms with E-state index in [4.69, 9.17) is 9.47 Å². The maximum atomic E-state index is 13.7. The molecule has 1 aromatic rings. The molecule has 0 radical (unpaired) electrons. The van der Waals surface area contributed by atoms with Crippen molar-refractivity contribution < 1.29 is 18.7 Å². The number of halogens is 2. The largest absolute Gasteiger partial charge is 0.486 e. The molecule has 3 rings (SSSR count). The lowest BCUT2D eigenvalue weighted by atomic mass is 10.2. The minimum absolute atomic E-state index is 0. The van der Waals surface area contributed by atoms with Crippen LogP contribution >= 0.6 is 24.0 Å². The van der Waals surface area contributed by atoms with Gasteiger partial charge in [-0.25, -0.2) is 4.39 Å². The molecular formula is C20H30FIN4O3. The van der Waals surface area contributed by atoms with Crippen molar-refractivity contribution >= 4 is 35.8 Å². The molecular weight excluding hydrogens is 490 g/mol. The van der Waals surface area contributed by atoms with Crippen LogP contribution in [-0.2, 0) is 9.53 Å². The quantitative estimate of drug-likeness (QED) is 0.366. The summed E-state index contributed by atoms with van der Waals surface area (Å²) in [6, 6.07) is 6.38. The minimum atomic E-state index is -0.370. The Kier molecular flexibility index (Phi) is 9.41. The second-order valence-electron chi connectivity index (χ2n) is 7.10. The molecule has 29 heavy (non-hydrogen) atoms. The highest BCUT2D eigenvalue weighted by Crippen LogP contribution is 2.17. The topological polar surface area (TPSA) is 66.4 Å². The average molecular weight is 520 g/mol. The van der Waals surface area contributed by atoms with Crippen LogP contribution in [-0.4, -0.2) is 80.3 Å². The van der Waals surface area contributed by atoms with Crippen LogP contribution in [0, 0.1) is 5.82 Å². The van der Waals surface area contributed by atoms with Gasteiger partial charge in [-0.2, -0.15) is 0 Å². The van der Waals surface area contributed by atoms with E-state index in [1.807, 2.05) is 11.8 Å². The minimum Gasteiger partial charge on any atom is -0.486 e. The Bertz CT molecular complexity index is 692. The van der Waals surface area contributed by atoms with Crippen LogP contribution in [0.2, 0.25) is 0 Å². The summed E-state index contributed by atoms with van der Waals surface area (Å²) >= 11 is 0. The molecule has 1 N–H and O–H groups in total. The highest BCUT2D eigenvalue weighted by atomic mass is 127. The van der Waals surface area contributed by atoms with Crippen molar-refractivity contribution in [3.63, 3.8) is 0 Å². The summed E-state index contributed by atoms with van der Waals surface area (Å²) in [5.41, 5.74) is 0. The maximum absolute atomic E-state index is 13.7. The number of aliphatic imine (C=N–C) groups is 1. The molecule has 0 spiro atoms. The Morgan fingerprint density at radius 2 is 2.00 bits per heavy atom. The number of piperazine rings is 1. The van der Waals surface area contributed by atoms with E-state index in [1.54, 1.807) is 25.2 Å².